The lowest BCUT2D eigenvalue weighted by molar-refractivity contribution is 0.0980. The Labute approximate surface area is 103 Å². The molecule has 0 aliphatic carbocycles. The van der Waals surface area contributed by atoms with Gasteiger partial charge in [0.15, 0.2) is 0 Å². The van der Waals surface area contributed by atoms with Crippen molar-refractivity contribution in [3.63, 3.8) is 0 Å². The number of hydrogen-bond acceptors (Lipinski definition) is 4. The molecule has 0 atom stereocenters. The molecule has 0 spiro atoms. The van der Waals surface area contributed by atoms with Gasteiger partial charge in [-0.05, 0) is 6.42 Å². The van der Waals surface area contributed by atoms with Crippen molar-refractivity contribution < 1.29 is 14.2 Å². The monoisotopic (exact) mass is 239 g/mol. The second-order valence-corrected chi connectivity index (χ2v) is 3.76. The van der Waals surface area contributed by atoms with Crippen molar-refractivity contribution in [2.45, 2.75) is 19.8 Å². The molecule has 1 aromatic rings. The summed E-state index contributed by atoms with van der Waals surface area (Å²) < 4.78 is 16.0. The van der Waals surface area contributed by atoms with E-state index in [1.165, 1.54) is 0 Å². The summed E-state index contributed by atoms with van der Waals surface area (Å²) in [5.41, 5.74) is 6.34. The van der Waals surface area contributed by atoms with Crippen molar-refractivity contribution in [2.24, 2.45) is 0 Å². The Hall–Kier alpha value is -1.42. The zero-order valence-electron chi connectivity index (χ0n) is 10.6. The van der Waals surface area contributed by atoms with Gasteiger partial charge in [-0.1, -0.05) is 13.3 Å². The third-order valence-electron chi connectivity index (χ3n) is 2.28. The number of anilines is 1. The topological polar surface area (TPSA) is 53.7 Å². The predicted molar refractivity (Wildman–Crippen MR) is 68.6 cm³/mol. The van der Waals surface area contributed by atoms with E-state index >= 15 is 0 Å². The van der Waals surface area contributed by atoms with Crippen LogP contribution < -0.4 is 15.2 Å². The van der Waals surface area contributed by atoms with Crippen molar-refractivity contribution >= 4 is 5.69 Å². The molecular weight excluding hydrogens is 218 g/mol. The summed E-state index contributed by atoms with van der Waals surface area (Å²) in [6, 6.07) is 5.33. The van der Waals surface area contributed by atoms with Gasteiger partial charge in [0.2, 0.25) is 0 Å². The molecule has 1 rings (SSSR count). The Morgan fingerprint density at radius 1 is 1.06 bits per heavy atom. The molecule has 0 aromatic heterocycles. The largest absolute Gasteiger partial charge is 0.497 e. The van der Waals surface area contributed by atoms with Gasteiger partial charge in [-0.15, -0.1) is 0 Å². The van der Waals surface area contributed by atoms with Crippen LogP contribution >= 0.6 is 0 Å². The third-order valence-corrected chi connectivity index (χ3v) is 2.28. The first-order chi connectivity index (χ1) is 8.26. The maximum Gasteiger partial charge on any atom is 0.125 e. The van der Waals surface area contributed by atoms with E-state index in [4.69, 9.17) is 19.9 Å². The predicted octanol–water partition coefficient (Wildman–Crippen LogP) is 2.47. The van der Waals surface area contributed by atoms with Crippen LogP contribution in [0.2, 0.25) is 0 Å². The highest BCUT2D eigenvalue weighted by atomic mass is 16.5. The Bertz CT molecular complexity index is 328. The standard InChI is InChI=1S/C13H21NO3/c1-3-4-5-16-6-7-17-13-9-11(14)8-12(10-13)15-2/h8-10H,3-7,14H2,1-2H3. The van der Waals surface area contributed by atoms with Crippen LogP contribution in [0.5, 0.6) is 11.5 Å². The molecule has 0 heterocycles. The Morgan fingerprint density at radius 2 is 1.82 bits per heavy atom. The lowest BCUT2D eigenvalue weighted by atomic mass is 10.3. The first-order valence-electron chi connectivity index (χ1n) is 5.91. The molecule has 4 heteroatoms. The molecule has 0 saturated carbocycles. The molecule has 4 nitrogen and oxygen atoms in total. The molecule has 0 unspecified atom stereocenters. The van der Waals surface area contributed by atoms with Gasteiger partial charge < -0.3 is 19.9 Å². The van der Waals surface area contributed by atoms with Gasteiger partial charge in [-0.2, -0.15) is 0 Å². The lowest BCUT2D eigenvalue weighted by Crippen LogP contribution is -2.07. The SMILES string of the molecule is CCCCOCCOc1cc(N)cc(OC)c1. The van der Waals surface area contributed by atoms with Gasteiger partial charge >= 0.3 is 0 Å². The highest BCUT2D eigenvalue weighted by Gasteiger charge is 2.00. The molecule has 0 saturated heterocycles. The van der Waals surface area contributed by atoms with Gasteiger partial charge in [-0.3, -0.25) is 0 Å². The van der Waals surface area contributed by atoms with E-state index in [2.05, 4.69) is 6.92 Å². The molecule has 17 heavy (non-hydrogen) atoms. The molecule has 0 aliphatic rings. The quantitative estimate of drug-likeness (QED) is 0.559. The third kappa shape index (κ3) is 5.45. The van der Waals surface area contributed by atoms with Crippen LogP contribution in [0.4, 0.5) is 5.69 Å². The Balaban J connectivity index is 2.28. The maximum absolute atomic E-state index is 5.71. The fraction of sp³-hybridized carbons (Fsp3) is 0.538. The van der Waals surface area contributed by atoms with Crippen molar-refractivity contribution in [3.8, 4) is 11.5 Å². The van der Waals surface area contributed by atoms with Gasteiger partial charge in [0, 0.05) is 30.5 Å². The van der Waals surface area contributed by atoms with Crippen LogP contribution in [0.15, 0.2) is 18.2 Å². The van der Waals surface area contributed by atoms with E-state index in [1.807, 2.05) is 6.07 Å². The second kappa shape index (κ2) is 7.79. The fourth-order valence-electron chi connectivity index (χ4n) is 1.36. The minimum Gasteiger partial charge on any atom is -0.497 e. The average Bonchev–Trinajstić information content (AvgIpc) is 2.33. The van der Waals surface area contributed by atoms with E-state index in [0.717, 1.165) is 19.4 Å². The van der Waals surface area contributed by atoms with E-state index in [-0.39, 0.29) is 0 Å². The highest BCUT2D eigenvalue weighted by Crippen LogP contribution is 2.23. The Kier molecular flexibility index (Phi) is 6.25. The highest BCUT2D eigenvalue weighted by molar-refractivity contribution is 5.50. The molecule has 0 radical (unpaired) electrons. The molecule has 1 aromatic carbocycles. The summed E-state index contributed by atoms with van der Waals surface area (Å²) in [5, 5.41) is 0. The lowest BCUT2D eigenvalue weighted by Gasteiger charge is -2.09. The molecule has 0 bridgehead atoms. The van der Waals surface area contributed by atoms with Crippen LogP contribution in [-0.4, -0.2) is 26.9 Å². The van der Waals surface area contributed by atoms with Gasteiger partial charge in [0.1, 0.15) is 18.1 Å². The van der Waals surface area contributed by atoms with Crippen LogP contribution in [0.25, 0.3) is 0 Å². The van der Waals surface area contributed by atoms with Crippen molar-refractivity contribution in [1.29, 1.82) is 0 Å². The summed E-state index contributed by atoms with van der Waals surface area (Å²) in [5.74, 6) is 1.41. The number of nitrogens with two attached hydrogens (primary N) is 1. The average molecular weight is 239 g/mol. The second-order valence-electron chi connectivity index (χ2n) is 3.76. The first kappa shape index (κ1) is 13.6. The number of rotatable bonds is 8. The number of unbranched alkanes of at least 4 members (excludes halogenated alkanes) is 1. The number of nitrogen functional groups attached to an aromatic ring is 1. The van der Waals surface area contributed by atoms with Gasteiger partial charge in [0.05, 0.1) is 13.7 Å². The van der Waals surface area contributed by atoms with Crippen molar-refractivity contribution in [3.05, 3.63) is 18.2 Å². The summed E-state index contributed by atoms with van der Waals surface area (Å²) in [6.07, 6.45) is 2.24. The summed E-state index contributed by atoms with van der Waals surface area (Å²) in [6.45, 7) is 4.05. The van der Waals surface area contributed by atoms with Gasteiger partial charge in [0.25, 0.3) is 0 Å². The van der Waals surface area contributed by atoms with Crippen LogP contribution in [0, 0.1) is 0 Å². The summed E-state index contributed by atoms with van der Waals surface area (Å²) in [7, 11) is 1.60. The van der Waals surface area contributed by atoms with E-state index in [0.29, 0.717) is 30.4 Å². The van der Waals surface area contributed by atoms with Crippen molar-refractivity contribution in [1.82, 2.24) is 0 Å². The first-order valence-corrected chi connectivity index (χ1v) is 5.91. The zero-order chi connectivity index (χ0) is 12.5. The van der Waals surface area contributed by atoms with E-state index in [1.54, 1.807) is 19.2 Å². The number of benzene rings is 1. The van der Waals surface area contributed by atoms with Crippen LogP contribution in [0.3, 0.4) is 0 Å². The molecule has 0 aliphatic heterocycles. The number of ether oxygens (including phenoxy) is 3. The Morgan fingerprint density at radius 3 is 2.53 bits per heavy atom. The number of hydrogen-bond donors (Lipinski definition) is 1. The zero-order valence-corrected chi connectivity index (χ0v) is 10.6. The summed E-state index contributed by atoms with van der Waals surface area (Å²) in [4.78, 5) is 0. The molecule has 96 valence electrons. The fourth-order valence-corrected chi connectivity index (χ4v) is 1.36. The van der Waals surface area contributed by atoms with E-state index in [9.17, 15) is 0 Å². The molecule has 0 amide bonds. The summed E-state index contributed by atoms with van der Waals surface area (Å²) >= 11 is 0. The minimum absolute atomic E-state index is 0.524. The molecule has 0 fully saturated rings. The normalized spacial score (nSPS) is 10.2. The molecule has 2 N–H and O–H groups in total. The van der Waals surface area contributed by atoms with Crippen LogP contribution in [-0.2, 0) is 4.74 Å². The maximum atomic E-state index is 5.71. The number of methoxy groups -OCH3 is 1. The van der Waals surface area contributed by atoms with E-state index < -0.39 is 0 Å². The van der Waals surface area contributed by atoms with Crippen LogP contribution in [0.1, 0.15) is 19.8 Å². The van der Waals surface area contributed by atoms with Crippen molar-refractivity contribution in [2.75, 3.05) is 32.7 Å². The minimum atomic E-state index is 0.524. The molecular formula is C13H21NO3. The van der Waals surface area contributed by atoms with Gasteiger partial charge in [-0.25, -0.2) is 0 Å². The smallest absolute Gasteiger partial charge is 0.125 e.